The molecular formula is C27H28N4O4S. The largest absolute Gasteiger partial charge is 0.496 e. The van der Waals surface area contributed by atoms with Crippen molar-refractivity contribution in [1.29, 1.82) is 0 Å². The fourth-order valence-electron chi connectivity index (χ4n) is 4.71. The molecule has 1 aliphatic heterocycles. The summed E-state index contributed by atoms with van der Waals surface area (Å²) in [6.45, 7) is 4.13. The van der Waals surface area contributed by atoms with E-state index in [0.717, 1.165) is 16.7 Å². The summed E-state index contributed by atoms with van der Waals surface area (Å²) in [4.78, 5) is 18.4. The second-order valence-electron chi connectivity index (χ2n) is 9.20. The molecule has 0 saturated carbocycles. The molecule has 9 heteroatoms. The van der Waals surface area contributed by atoms with Crippen LogP contribution in [0.4, 0.5) is 0 Å². The van der Waals surface area contributed by atoms with Gasteiger partial charge in [0.05, 0.1) is 47.0 Å². The van der Waals surface area contributed by atoms with E-state index >= 15 is 0 Å². The van der Waals surface area contributed by atoms with Crippen LogP contribution in [0.5, 0.6) is 5.75 Å². The summed E-state index contributed by atoms with van der Waals surface area (Å²) in [6.07, 6.45) is 0.477. The van der Waals surface area contributed by atoms with Gasteiger partial charge < -0.3 is 10.1 Å². The standard InChI is InChI=1S/C27H28N4O4S/c1-17-8-10-19(11-9-17)23-14-22(27(32)28-15-20-6-4-5-7-24(20)35-3)25-18(2)30-31(26(25)29-23)21-12-13-36(33,34)16-21/h4-11,14,21H,12-13,15-16H2,1-3H3,(H,28,32). The highest BCUT2D eigenvalue weighted by Gasteiger charge is 2.32. The highest BCUT2D eigenvalue weighted by Crippen LogP contribution is 2.32. The zero-order chi connectivity index (χ0) is 25.4. The first-order valence-electron chi connectivity index (χ1n) is 11.8. The van der Waals surface area contributed by atoms with Crippen molar-refractivity contribution < 1.29 is 17.9 Å². The minimum Gasteiger partial charge on any atom is -0.496 e. The molecule has 1 atom stereocenters. The third-order valence-corrected chi connectivity index (χ3v) is 8.37. The minimum absolute atomic E-state index is 0.0228. The molecule has 1 amide bonds. The van der Waals surface area contributed by atoms with Gasteiger partial charge in [-0.2, -0.15) is 5.10 Å². The van der Waals surface area contributed by atoms with E-state index in [0.29, 0.717) is 46.7 Å². The molecule has 2 aromatic heterocycles. The predicted octanol–water partition coefficient (Wildman–Crippen LogP) is 4.01. The van der Waals surface area contributed by atoms with E-state index in [1.165, 1.54) is 0 Å². The van der Waals surface area contributed by atoms with Gasteiger partial charge in [-0.25, -0.2) is 18.1 Å². The van der Waals surface area contributed by atoms with E-state index in [2.05, 4.69) is 10.4 Å². The van der Waals surface area contributed by atoms with E-state index in [1.807, 2.05) is 62.4 Å². The van der Waals surface area contributed by atoms with Crippen LogP contribution >= 0.6 is 0 Å². The Kier molecular flexibility index (Phi) is 6.26. The molecule has 1 saturated heterocycles. The molecule has 3 heterocycles. The zero-order valence-corrected chi connectivity index (χ0v) is 21.3. The highest BCUT2D eigenvalue weighted by molar-refractivity contribution is 7.91. The van der Waals surface area contributed by atoms with Crippen molar-refractivity contribution in [3.63, 3.8) is 0 Å². The number of para-hydroxylation sites is 1. The molecule has 4 aromatic rings. The Hall–Kier alpha value is -3.72. The number of hydrogen-bond donors (Lipinski definition) is 1. The van der Waals surface area contributed by atoms with E-state index in [-0.39, 0.29) is 23.5 Å². The Bertz CT molecular complexity index is 1560. The van der Waals surface area contributed by atoms with Crippen LogP contribution in [0.3, 0.4) is 0 Å². The van der Waals surface area contributed by atoms with Crippen molar-refractivity contribution in [3.05, 3.63) is 77.0 Å². The van der Waals surface area contributed by atoms with Gasteiger partial charge in [-0.05, 0) is 32.4 Å². The molecule has 2 aromatic carbocycles. The molecular weight excluding hydrogens is 476 g/mol. The normalized spacial score (nSPS) is 16.8. The maximum atomic E-state index is 13.5. The van der Waals surface area contributed by atoms with E-state index in [9.17, 15) is 13.2 Å². The Morgan fingerprint density at radius 1 is 1.14 bits per heavy atom. The summed E-state index contributed by atoms with van der Waals surface area (Å²) in [5.41, 5.74) is 5.09. The van der Waals surface area contributed by atoms with Crippen molar-refractivity contribution in [3.8, 4) is 17.0 Å². The van der Waals surface area contributed by atoms with Crippen molar-refractivity contribution in [2.45, 2.75) is 32.9 Å². The summed E-state index contributed by atoms with van der Waals surface area (Å²) < 4.78 is 31.5. The number of carbonyl (C=O) groups is 1. The highest BCUT2D eigenvalue weighted by atomic mass is 32.2. The fourth-order valence-corrected chi connectivity index (χ4v) is 6.40. The van der Waals surface area contributed by atoms with Gasteiger partial charge in [-0.15, -0.1) is 0 Å². The molecule has 1 fully saturated rings. The van der Waals surface area contributed by atoms with Crippen molar-refractivity contribution in [2.75, 3.05) is 18.6 Å². The number of methoxy groups -OCH3 is 1. The number of carbonyl (C=O) groups excluding carboxylic acids is 1. The van der Waals surface area contributed by atoms with Gasteiger partial charge in [0.25, 0.3) is 5.91 Å². The average Bonchev–Trinajstić information content (AvgIpc) is 3.41. The monoisotopic (exact) mass is 504 g/mol. The number of ether oxygens (including phenoxy) is 1. The molecule has 1 unspecified atom stereocenters. The summed E-state index contributed by atoms with van der Waals surface area (Å²) in [5, 5.41) is 8.31. The van der Waals surface area contributed by atoms with Crippen molar-refractivity contribution >= 4 is 26.8 Å². The van der Waals surface area contributed by atoms with Gasteiger partial charge in [-0.1, -0.05) is 48.0 Å². The predicted molar refractivity (Wildman–Crippen MR) is 139 cm³/mol. The number of nitrogens with one attached hydrogen (secondary N) is 1. The molecule has 1 N–H and O–H groups in total. The zero-order valence-electron chi connectivity index (χ0n) is 20.5. The summed E-state index contributed by atoms with van der Waals surface area (Å²) in [7, 11) is -1.52. The van der Waals surface area contributed by atoms with Crippen molar-refractivity contribution in [1.82, 2.24) is 20.1 Å². The maximum absolute atomic E-state index is 13.5. The first-order valence-corrected chi connectivity index (χ1v) is 13.7. The topological polar surface area (TPSA) is 103 Å². The van der Waals surface area contributed by atoms with Crippen LogP contribution in [-0.4, -0.2) is 47.7 Å². The van der Waals surface area contributed by atoms with Crippen molar-refractivity contribution in [2.24, 2.45) is 0 Å². The lowest BCUT2D eigenvalue weighted by molar-refractivity contribution is 0.0952. The van der Waals surface area contributed by atoms with E-state index in [1.54, 1.807) is 17.9 Å². The van der Waals surface area contributed by atoms with E-state index < -0.39 is 9.84 Å². The number of hydrogen-bond acceptors (Lipinski definition) is 6. The first-order chi connectivity index (χ1) is 17.3. The number of pyridine rings is 1. The number of amides is 1. The molecule has 186 valence electrons. The number of aromatic nitrogens is 3. The quantitative estimate of drug-likeness (QED) is 0.426. The number of aryl methyl sites for hydroxylation is 2. The number of rotatable bonds is 6. The molecule has 5 rings (SSSR count). The van der Waals surface area contributed by atoms with Gasteiger partial charge in [0, 0.05) is 17.7 Å². The van der Waals surface area contributed by atoms with Crippen LogP contribution in [0, 0.1) is 13.8 Å². The fraction of sp³-hybridized carbons (Fsp3) is 0.296. The summed E-state index contributed by atoms with van der Waals surface area (Å²) in [6, 6.07) is 16.9. The van der Waals surface area contributed by atoms with Gasteiger partial charge in [0.15, 0.2) is 15.5 Å². The van der Waals surface area contributed by atoms with Gasteiger partial charge >= 0.3 is 0 Å². The number of fused-ring (bicyclic) bond motifs is 1. The molecule has 1 aliphatic rings. The van der Waals surface area contributed by atoms with Crippen LogP contribution in [-0.2, 0) is 16.4 Å². The Labute approximate surface area is 210 Å². The maximum Gasteiger partial charge on any atom is 0.252 e. The summed E-state index contributed by atoms with van der Waals surface area (Å²) >= 11 is 0. The molecule has 0 aliphatic carbocycles. The molecule has 0 radical (unpaired) electrons. The lowest BCUT2D eigenvalue weighted by Gasteiger charge is -2.13. The van der Waals surface area contributed by atoms with Crippen LogP contribution in [0.2, 0.25) is 0 Å². The first kappa shape index (κ1) is 24.0. The lowest BCUT2D eigenvalue weighted by atomic mass is 10.0. The van der Waals surface area contributed by atoms with Crippen LogP contribution in [0.25, 0.3) is 22.3 Å². The number of benzene rings is 2. The van der Waals surface area contributed by atoms with E-state index in [4.69, 9.17) is 9.72 Å². The van der Waals surface area contributed by atoms with Crippen LogP contribution in [0.15, 0.2) is 54.6 Å². The van der Waals surface area contributed by atoms with Crippen LogP contribution < -0.4 is 10.1 Å². The molecule has 0 bridgehead atoms. The molecule has 36 heavy (non-hydrogen) atoms. The minimum atomic E-state index is -3.12. The Balaban J connectivity index is 1.60. The third-order valence-electron chi connectivity index (χ3n) is 6.62. The second kappa shape index (κ2) is 9.39. The number of nitrogens with zero attached hydrogens (tertiary/aromatic N) is 3. The van der Waals surface area contributed by atoms with Gasteiger partial charge in [0.2, 0.25) is 0 Å². The van der Waals surface area contributed by atoms with Crippen LogP contribution in [0.1, 0.15) is 39.6 Å². The second-order valence-corrected chi connectivity index (χ2v) is 11.4. The number of sulfone groups is 1. The molecule has 0 spiro atoms. The van der Waals surface area contributed by atoms with Gasteiger partial charge in [-0.3, -0.25) is 4.79 Å². The average molecular weight is 505 g/mol. The van der Waals surface area contributed by atoms with Gasteiger partial charge in [0.1, 0.15) is 5.75 Å². The SMILES string of the molecule is COc1ccccc1CNC(=O)c1cc(-c2ccc(C)cc2)nc2c1c(C)nn2C1CCS(=O)(=O)C1. The summed E-state index contributed by atoms with van der Waals surface area (Å²) in [5.74, 6) is 0.588. The Morgan fingerprint density at radius 3 is 2.58 bits per heavy atom. The lowest BCUT2D eigenvalue weighted by Crippen LogP contribution is -2.23. The smallest absolute Gasteiger partial charge is 0.252 e. The third kappa shape index (κ3) is 4.58. The Morgan fingerprint density at radius 2 is 1.89 bits per heavy atom. The molecule has 8 nitrogen and oxygen atoms in total.